The number of rotatable bonds is 16. The van der Waals surface area contributed by atoms with Gasteiger partial charge in [-0.05, 0) is 86.7 Å². The number of cyclic esters (lactones) is 1. The summed E-state index contributed by atoms with van der Waals surface area (Å²) in [4.78, 5) is 43.9. The summed E-state index contributed by atoms with van der Waals surface area (Å²) in [5, 5.41) is 60.8. The third-order valence-electron chi connectivity index (χ3n) is 13.7. The number of carbonyl (C=O) groups excluding carboxylic acids is 3. The normalized spacial score (nSPS) is 36.6. The van der Waals surface area contributed by atoms with E-state index >= 15 is 0 Å². The molecule has 17 nitrogen and oxygen atoms in total. The Hall–Kier alpha value is -3.33. The molecule has 6 N–H and O–H groups in total. The van der Waals surface area contributed by atoms with Crippen molar-refractivity contribution < 1.29 is 72.8 Å². The highest BCUT2D eigenvalue weighted by Gasteiger charge is 2.52. The minimum absolute atomic E-state index is 0.00761. The molecule has 2 aliphatic heterocycles. The first-order chi connectivity index (χ1) is 30.7. The number of nitrogens with zero attached hydrogens (tertiary/aromatic N) is 1. The van der Waals surface area contributed by atoms with Crippen LogP contribution in [-0.2, 0) is 49.2 Å². The quantitative estimate of drug-likeness (QED) is 0.103. The topological polar surface area (TPSA) is 236 Å². The number of esters is 1. The number of amides is 1. The van der Waals surface area contributed by atoms with E-state index in [9.17, 15) is 39.9 Å². The fourth-order valence-corrected chi connectivity index (χ4v) is 9.52. The van der Waals surface area contributed by atoms with E-state index in [-0.39, 0.29) is 44.6 Å². The van der Waals surface area contributed by atoms with Crippen LogP contribution in [0.15, 0.2) is 47.1 Å². The average Bonchev–Trinajstić information content (AvgIpc) is 3.79. The molecule has 3 heterocycles. The summed E-state index contributed by atoms with van der Waals surface area (Å²) in [6.07, 6.45) is -9.16. The number of ketones is 1. The lowest BCUT2D eigenvalue weighted by Crippen LogP contribution is -2.60. The zero-order valence-electron chi connectivity index (χ0n) is 41.1. The van der Waals surface area contributed by atoms with E-state index < -0.39 is 114 Å². The van der Waals surface area contributed by atoms with E-state index in [1.165, 1.54) is 27.9 Å². The molecule has 2 fully saturated rings. The van der Waals surface area contributed by atoms with Crippen LogP contribution in [0.25, 0.3) is 11.3 Å². The number of furan rings is 1. The third-order valence-corrected chi connectivity index (χ3v) is 13.7. The molecule has 2 aromatic rings. The van der Waals surface area contributed by atoms with Crippen molar-refractivity contribution in [3.8, 4) is 11.3 Å². The van der Waals surface area contributed by atoms with E-state index in [0.29, 0.717) is 11.3 Å². The second-order valence-electron chi connectivity index (χ2n) is 19.6. The number of Topliss-reactive ketones (excluding diaryl/α,β-unsaturated/α-hetero) is 1. The van der Waals surface area contributed by atoms with Gasteiger partial charge in [-0.25, -0.2) is 0 Å². The molecule has 17 heteroatoms. The van der Waals surface area contributed by atoms with E-state index in [1.54, 1.807) is 85.9 Å². The van der Waals surface area contributed by atoms with Gasteiger partial charge < -0.3 is 63.7 Å². The number of hydrogen-bond acceptors (Lipinski definition) is 16. The number of methoxy groups -OCH3 is 1. The molecular formula is C49H78N2O15. The Labute approximate surface area is 390 Å². The van der Waals surface area contributed by atoms with Crippen LogP contribution in [-0.4, -0.2) is 154 Å². The highest BCUT2D eigenvalue weighted by molar-refractivity contribution is 5.84. The Morgan fingerprint density at radius 3 is 2.24 bits per heavy atom. The van der Waals surface area contributed by atoms with Gasteiger partial charge in [-0.1, -0.05) is 45.0 Å². The molecule has 17 atom stereocenters. The van der Waals surface area contributed by atoms with Gasteiger partial charge >= 0.3 is 5.97 Å². The van der Waals surface area contributed by atoms with Gasteiger partial charge in [0.15, 0.2) is 12.6 Å². The van der Waals surface area contributed by atoms with Crippen LogP contribution in [0, 0.1) is 23.7 Å². The predicted molar refractivity (Wildman–Crippen MR) is 243 cm³/mol. The molecule has 1 aromatic carbocycles. The first-order valence-corrected chi connectivity index (χ1v) is 23.2. The lowest BCUT2D eigenvalue weighted by atomic mass is 9.74. The maximum absolute atomic E-state index is 14.6. The van der Waals surface area contributed by atoms with Crippen molar-refractivity contribution in [3.05, 3.63) is 48.2 Å². The van der Waals surface area contributed by atoms with Gasteiger partial charge in [0.1, 0.15) is 35.6 Å². The van der Waals surface area contributed by atoms with Crippen LogP contribution in [0.2, 0.25) is 0 Å². The average molecular weight is 935 g/mol. The minimum atomic E-state index is -2.22. The Balaban J connectivity index is 1.72. The first-order valence-electron chi connectivity index (χ1n) is 23.2. The van der Waals surface area contributed by atoms with Gasteiger partial charge in [-0.3, -0.25) is 19.3 Å². The van der Waals surface area contributed by atoms with Crippen LogP contribution >= 0.6 is 0 Å². The number of carbonyl (C=O) groups is 3. The zero-order chi connectivity index (χ0) is 49.5. The lowest BCUT2D eigenvalue weighted by Gasteiger charge is -2.48. The molecule has 0 spiro atoms. The lowest BCUT2D eigenvalue weighted by molar-refractivity contribution is -0.305. The molecular weight excluding hydrogens is 857 g/mol. The SMILES string of the molecule is COC1(C)CC(O[C@H]2[C@H](C)[C@@H](OC(C)OC(C)CC(O)N(C)C)[C@](C)(O)C[C@@H](C)C(=O)[C@H](C)[C@@H](O)[C@](C)(O)[C@@H](CCNC(=O)Cc3ccccc3-c3ccco3)OC(=O)[C@@H]2C)OC(C)C1O. The number of aliphatic hydroxyl groups is 5. The van der Waals surface area contributed by atoms with Gasteiger partial charge in [0.05, 0.1) is 60.3 Å². The smallest absolute Gasteiger partial charge is 0.311 e. The fraction of sp³-hybridized carbons (Fsp3) is 0.735. The Kier molecular flexibility index (Phi) is 19.5. The van der Waals surface area contributed by atoms with Gasteiger partial charge in [0.25, 0.3) is 0 Å². The first kappa shape index (κ1) is 55.3. The number of hydrogen-bond donors (Lipinski definition) is 6. The summed E-state index contributed by atoms with van der Waals surface area (Å²) >= 11 is 0. The Morgan fingerprint density at radius 1 is 0.955 bits per heavy atom. The molecule has 0 radical (unpaired) electrons. The van der Waals surface area contributed by atoms with Gasteiger partial charge in [-0.2, -0.15) is 0 Å². The highest BCUT2D eigenvalue weighted by Crippen LogP contribution is 2.40. The molecule has 0 saturated carbocycles. The van der Waals surface area contributed by atoms with Crippen LogP contribution in [0.5, 0.6) is 0 Å². The number of nitrogens with one attached hydrogen (secondary N) is 1. The van der Waals surface area contributed by atoms with Crippen molar-refractivity contribution in [1.29, 1.82) is 0 Å². The van der Waals surface area contributed by atoms with Crippen molar-refractivity contribution in [1.82, 2.24) is 10.2 Å². The molecule has 0 aliphatic carbocycles. The van der Waals surface area contributed by atoms with Crippen LogP contribution in [0.1, 0.15) is 100 Å². The zero-order valence-corrected chi connectivity index (χ0v) is 41.1. The molecule has 1 amide bonds. The molecule has 2 aliphatic rings. The summed E-state index contributed by atoms with van der Waals surface area (Å²) in [5.74, 6) is -5.23. The summed E-state index contributed by atoms with van der Waals surface area (Å²) < 4.78 is 43.1. The Morgan fingerprint density at radius 2 is 1.62 bits per heavy atom. The highest BCUT2D eigenvalue weighted by atomic mass is 16.7. The van der Waals surface area contributed by atoms with E-state index in [1.807, 2.05) is 24.3 Å². The molecule has 0 bridgehead atoms. The molecule has 4 rings (SSSR count). The fourth-order valence-electron chi connectivity index (χ4n) is 9.52. The Bertz CT molecular complexity index is 1860. The number of aliphatic hydroxyl groups excluding tert-OH is 3. The largest absolute Gasteiger partial charge is 0.464 e. The summed E-state index contributed by atoms with van der Waals surface area (Å²) in [6.45, 7) is 15.9. The standard InChI is InChI=1S/C49H78N2O15/c1-27-25-47(8,58)45(64-33(7)62-28(2)23-39(53)51(11)12)30(4)42(66-40-26-48(9,60-13)44(56)32(6)63-40)31(5)46(57)65-37(49(10,59)43(55)29(3)41(27)54)20-21-50-38(52)24-34-17-14-15-18-35(34)36-19-16-22-61-36/h14-19,22,27-33,37,39-40,42-45,53,55-56,58-59H,20-21,23-26H2,1-13H3,(H,50,52)/t27-,28?,29+,30+,31-,32?,33?,37-,39?,40?,42+,43-,44?,45-,47-,48?,49-/m1/s1. The van der Waals surface area contributed by atoms with Crippen molar-refractivity contribution in [2.45, 2.75) is 180 Å². The summed E-state index contributed by atoms with van der Waals surface area (Å²) in [5.41, 5.74) is -3.67. The van der Waals surface area contributed by atoms with Crippen molar-refractivity contribution in [3.63, 3.8) is 0 Å². The maximum Gasteiger partial charge on any atom is 0.311 e. The van der Waals surface area contributed by atoms with Crippen LogP contribution < -0.4 is 5.32 Å². The predicted octanol–water partition coefficient (Wildman–Crippen LogP) is 3.98. The second-order valence-corrected chi connectivity index (χ2v) is 19.6. The van der Waals surface area contributed by atoms with E-state index in [2.05, 4.69) is 5.32 Å². The molecule has 66 heavy (non-hydrogen) atoms. The van der Waals surface area contributed by atoms with Gasteiger partial charge in [-0.15, -0.1) is 0 Å². The molecule has 1 aromatic heterocycles. The van der Waals surface area contributed by atoms with Crippen molar-refractivity contribution >= 4 is 17.7 Å². The van der Waals surface area contributed by atoms with Crippen molar-refractivity contribution in [2.24, 2.45) is 23.7 Å². The molecule has 7 unspecified atom stereocenters. The maximum atomic E-state index is 14.6. The monoisotopic (exact) mass is 935 g/mol. The second kappa shape index (κ2) is 23.3. The van der Waals surface area contributed by atoms with Gasteiger partial charge in [0.2, 0.25) is 5.91 Å². The van der Waals surface area contributed by atoms with Crippen molar-refractivity contribution in [2.75, 3.05) is 27.7 Å². The third kappa shape index (κ3) is 13.7. The van der Waals surface area contributed by atoms with Crippen LogP contribution in [0.3, 0.4) is 0 Å². The molecule has 2 saturated heterocycles. The number of benzene rings is 1. The number of ether oxygens (including phenoxy) is 6. The molecule has 374 valence electrons. The van der Waals surface area contributed by atoms with Gasteiger partial charge in [0, 0.05) is 56.2 Å². The van der Waals surface area contributed by atoms with E-state index in [4.69, 9.17) is 32.8 Å². The summed E-state index contributed by atoms with van der Waals surface area (Å²) in [6, 6.07) is 10.9. The van der Waals surface area contributed by atoms with Crippen LogP contribution in [0.4, 0.5) is 0 Å². The summed E-state index contributed by atoms with van der Waals surface area (Å²) in [7, 11) is 4.94. The minimum Gasteiger partial charge on any atom is -0.464 e. The van der Waals surface area contributed by atoms with E-state index in [0.717, 1.165) is 5.56 Å².